The van der Waals surface area contributed by atoms with Gasteiger partial charge in [-0.15, -0.1) is 6.58 Å². The van der Waals surface area contributed by atoms with E-state index in [9.17, 15) is 24.6 Å². The summed E-state index contributed by atoms with van der Waals surface area (Å²) in [5, 5.41) is 19.6. The minimum absolute atomic E-state index is 0.0401. The number of nitrogens with zero attached hydrogens (tertiary/aromatic N) is 2. The third-order valence-electron chi connectivity index (χ3n) is 7.39. The third-order valence-corrected chi connectivity index (χ3v) is 7.39. The Morgan fingerprint density at radius 2 is 1.91 bits per heavy atom. The van der Waals surface area contributed by atoms with Gasteiger partial charge in [0.05, 0.1) is 24.0 Å². The Labute approximate surface area is 190 Å². The number of rotatable bonds is 8. The fraction of sp³-hybridized carbons (Fsp3) is 0.792. The van der Waals surface area contributed by atoms with Crippen molar-refractivity contribution in [2.75, 3.05) is 19.7 Å². The molecule has 0 aromatic rings. The van der Waals surface area contributed by atoms with Gasteiger partial charge in [-0.05, 0) is 45.4 Å². The summed E-state index contributed by atoms with van der Waals surface area (Å²) in [6, 6.07) is -0.975. The Morgan fingerprint density at radius 1 is 1.28 bits per heavy atom. The lowest BCUT2D eigenvalue weighted by atomic mass is 9.66. The Hall–Kier alpha value is -1.93. The van der Waals surface area contributed by atoms with Gasteiger partial charge in [0.15, 0.2) is 0 Å². The molecule has 0 radical (unpaired) electrons. The van der Waals surface area contributed by atoms with E-state index in [-0.39, 0.29) is 24.5 Å². The minimum atomic E-state index is -1.20. The van der Waals surface area contributed by atoms with Crippen molar-refractivity contribution in [3.8, 4) is 0 Å². The van der Waals surface area contributed by atoms with Crippen LogP contribution in [0.1, 0.15) is 60.8 Å². The van der Waals surface area contributed by atoms with Gasteiger partial charge < -0.3 is 24.7 Å². The average molecular weight is 451 g/mol. The standard InChI is InChI=1S/C24H38N2O6/c1-8-11-26(22(5,6)14-21(2,3)4)19(29)17-24-10-9-23(7,32-24)16(20(30)31)15(24)18(28)25(17)12-13-27/h8,15-17,27H,1,9-14H2,2-7H3,(H,30,31)/t15-,16-,17?,23+,24?/m0/s1. The van der Waals surface area contributed by atoms with Gasteiger partial charge in [0.1, 0.15) is 11.6 Å². The summed E-state index contributed by atoms with van der Waals surface area (Å²) >= 11 is 0. The van der Waals surface area contributed by atoms with Crippen LogP contribution in [0.15, 0.2) is 12.7 Å². The van der Waals surface area contributed by atoms with E-state index in [0.29, 0.717) is 25.8 Å². The number of fused-ring (bicyclic) bond motifs is 1. The smallest absolute Gasteiger partial charge is 0.310 e. The van der Waals surface area contributed by atoms with Crippen molar-refractivity contribution in [2.24, 2.45) is 17.3 Å². The van der Waals surface area contributed by atoms with Gasteiger partial charge in [0.2, 0.25) is 11.8 Å². The summed E-state index contributed by atoms with van der Waals surface area (Å²) in [7, 11) is 0. The van der Waals surface area contributed by atoms with Crippen molar-refractivity contribution in [3.05, 3.63) is 12.7 Å². The highest BCUT2D eigenvalue weighted by Crippen LogP contribution is 2.63. The van der Waals surface area contributed by atoms with Gasteiger partial charge in [-0.1, -0.05) is 26.8 Å². The van der Waals surface area contributed by atoms with E-state index in [1.807, 2.05) is 13.8 Å². The molecule has 5 atom stereocenters. The van der Waals surface area contributed by atoms with E-state index in [1.165, 1.54) is 4.90 Å². The van der Waals surface area contributed by atoms with E-state index in [0.717, 1.165) is 0 Å². The maximum atomic E-state index is 14.2. The predicted octanol–water partition coefficient (Wildman–Crippen LogP) is 2.06. The second kappa shape index (κ2) is 7.83. The van der Waals surface area contributed by atoms with Crippen LogP contribution in [0.4, 0.5) is 0 Å². The number of aliphatic hydroxyl groups excluding tert-OH is 1. The predicted molar refractivity (Wildman–Crippen MR) is 119 cm³/mol. The maximum absolute atomic E-state index is 14.2. The lowest BCUT2D eigenvalue weighted by Gasteiger charge is -2.45. The first-order chi connectivity index (χ1) is 14.6. The lowest BCUT2D eigenvalue weighted by molar-refractivity contribution is -0.158. The second-order valence-electron chi connectivity index (χ2n) is 11.6. The Balaban J connectivity index is 2.09. The molecule has 0 saturated carbocycles. The van der Waals surface area contributed by atoms with Gasteiger partial charge in [-0.2, -0.15) is 0 Å². The number of amides is 2. The van der Waals surface area contributed by atoms with Gasteiger partial charge >= 0.3 is 5.97 Å². The summed E-state index contributed by atoms with van der Waals surface area (Å²) in [5.74, 6) is -3.73. The van der Waals surface area contributed by atoms with Crippen LogP contribution in [0.3, 0.4) is 0 Å². The highest BCUT2D eigenvalue weighted by Gasteiger charge is 2.78. The quantitative estimate of drug-likeness (QED) is 0.548. The first-order valence-electron chi connectivity index (χ1n) is 11.4. The highest BCUT2D eigenvalue weighted by atomic mass is 16.5. The summed E-state index contributed by atoms with van der Waals surface area (Å²) in [6.45, 7) is 15.8. The molecule has 3 rings (SSSR count). The molecule has 3 heterocycles. The van der Waals surface area contributed by atoms with E-state index < -0.39 is 46.5 Å². The van der Waals surface area contributed by atoms with Crippen LogP contribution in [0.5, 0.6) is 0 Å². The van der Waals surface area contributed by atoms with Crippen molar-refractivity contribution < 1.29 is 29.3 Å². The van der Waals surface area contributed by atoms with Gasteiger partial charge in [0, 0.05) is 18.6 Å². The van der Waals surface area contributed by atoms with Crippen LogP contribution in [-0.4, -0.2) is 80.3 Å². The molecule has 3 fully saturated rings. The van der Waals surface area contributed by atoms with E-state index in [2.05, 4.69) is 27.4 Å². The fourth-order valence-corrected chi connectivity index (χ4v) is 6.73. The van der Waals surface area contributed by atoms with Crippen molar-refractivity contribution in [3.63, 3.8) is 0 Å². The molecule has 3 aliphatic rings. The maximum Gasteiger partial charge on any atom is 0.310 e. The van der Waals surface area contributed by atoms with Crippen molar-refractivity contribution >= 4 is 17.8 Å². The number of β-amino-alcohol motifs (C(OH)–C–C–N with tert-alkyl or cyclic N) is 1. The molecule has 180 valence electrons. The van der Waals surface area contributed by atoms with Crippen LogP contribution in [0.2, 0.25) is 0 Å². The minimum Gasteiger partial charge on any atom is -0.481 e. The summed E-state index contributed by atoms with van der Waals surface area (Å²) < 4.78 is 6.37. The molecule has 8 nitrogen and oxygen atoms in total. The van der Waals surface area contributed by atoms with Gasteiger partial charge in [0.25, 0.3) is 0 Å². The zero-order chi connectivity index (χ0) is 24.3. The SMILES string of the molecule is C=CCN(C(=O)C1N(CCO)C(=O)[C@@H]2[C@@H](C(=O)O)[C@@]3(C)CCC12O3)C(C)(C)CC(C)(C)C. The average Bonchev–Trinajstić information content (AvgIpc) is 3.19. The van der Waals surface area contributed by atoms with Crippen LogP contribution in [0, 0.1) is 17.3 Å². The molecular weight excluding hydrogens is 412 g/mol. The number of carbonyl (C=O) groups is 3. The Bertz CT molecular complexity index is 818. The van der Waals surface area contributed by atoms with Crippen LogP contribution < -0.4 is 0 Å². The number of carbonyl (C=O) groups excluding carboxylic acids is 2. The Kier molecular flexibility index (Phi) is 6.05. The number of likely N-dealkylation sites (tertiary alicyclic amines) is 1. The largest absolute Gasteiger partial charge is 0.481 e. The van der Waals surface area contributed by atoms with E-state index >= 15 is 0 Å². The first-order valence-corrected chi connectivity index (χ1v) is 11.4. The Morgan fingerprint density at radius 3 is 2.41 bits per heavy atom. The molecule has 1 spiro atoms. The first kappa shape index (κ1) is 24.7. The fourth-order valence-electron chi connectivity index (χ4n) is 6.73. The molecule has 0 aromatic carbocycles. The molecule has 8 heteroatoms. The molecule has 3 aliphatic heterocycles. The molecule has 2 amide bonds. The monoisotopic (exact) mass is 450 g/mol. The second-order valence-corrected chi connectivity index (χ2v) is 11.6. The van der Waals surface area contributed by atoms with Crippen LogP contribution >= 0.6 is 0 Å². The number of aliphatic carboxylic acids is 1. The molecule has 0 aliphatic carbocycles. The van der Waals surface area contributed by atoms with E-state index in [1.54, 1.807) is 17.9 Å². The number of carboxylic acids is 1. The van der Waals surface area contributed by atoms with Crippen molar-refractivity contribution in [2.45, 2.75) is 83.6 Å². The normalized spacial score (nSPS) is 34.0. The molecule has 0 aromatic heterocycles. The number of carboxylic acid groups (broad SMARTS) is 1. The zero-order valence-electron chi connectivity index (χ0n) is 20.2. The molecule has 2 N–H and O–H groups in total. The molecule has 32 heavy (non-hydrogen) atoms. The topological polar surface area (TPSA) is 107 Å². The number of hydrogen-bond donors (Lipinski definition) is 2. The van der Waals surface area contributed by atoms with Gasteiger partial charge in [-0.3, -0.25) is 14.4 Å². The van der Waals surface area contributed by atoms with Crippen molar-refractivity contribution in [1.29, 1.82) is 0 Å². The number of ether oxygens (including phenoxy) is 1. The number of aliphatic hydroxyl groups is 1. The van der Waals surface area contributed by atoms with E-state index in [4.69, 9.17) is 4.74 Å². The third kappa shape index (κ3) is 3.65. The summed E-state index contributed by atoms with van der Waals surface area (Å²) in [5.41, 5.74) is -2.78. The molecule has 3 saturated heterocycles. The van der Waals surface area contributed by atoms with Gasteiger partial charge in [-0.25, -0.2) is 0 Å². The molecular formula is C24H38N2O6. The molecule has 2 bridgehead atoms. The molecule has 2 unspecified atom stereocenters. The lowest BCUT2D eigenvalue weighted by Crippen LogP contribution is -2.61. The van der Waals surface area contributed by atoms with Crippen LogP contribution in [-0.2, 0) is 19.1 Å². The summed E-state index contributed by atoms with van der Waals surface area (Å²) in [4.78, 5) is 42.9. The number of hydrogen-bond acceptors (Lipinski definition) is 5. The highest BCUT2D eigenvalue weighted by molar-refractivity contribution is 5.98. The van der Waals surface area contributed by atoms with Crippen LogP contribution in [0.25, 0.3) is 0 Å². The zero-order valence-corrected chi connectivity index (χ0v) is 20.2. The van der Waals surface area contributed by atoms with Crippen molar-refractivity contribution in [1.82, 2.24) is 9.80 Å². The summed E-state index contributed by atoms with van der Waals surface area (Å²) in [6.07, 6.45) is 3.28.